The zero-order chi connectivity index (χ0) is 33.1. The van der Waals surface area contributed by atoms with E-state index in [1.165, 1.54) is 23.5 Å². The summed E-state index contributed by atoms with van der Waals surface area (Å²) < 4.78 is 6.12. The Morgan fingerprint density at radius 1 is 0.978 bits per heavy atom. The van der Waals surface area contributed by atoms with E-state index >= 15 is 0 Å². The van der Waals surface area contributed by atoms with Crippen LogP contribution in [0.2, 0.25) is 0 Å². The van der Waals surface area contributed by atoms with Crippen molar-refractivity contribution in [2.24, 2.45) is 11.8 Å². The first-order chi connectivity index (χ1) is 21.5. The van der Waals surface area contributed by atoms with Crippen molar-refractivity contribution in [3.8, 4) is 0 Å². The SMILES string of the molecule is CCC(NC(=O)C1CC(OCc2ccccc2)CN1C(=O)C(NC(=O)C(NC(=O)c1cnccn1)C(C)C)C(C)C)C(=O)CCl. The minimum absolute atomic E-state index is 0.0536. The summed E-state index contributed by atoms with van der Waals surface area (Å²) in [7, 11) is 0. The number of amides is 4. The molecular formula is C32H43ClN6O6. The van der Waals surface area contributed by atoms with Crippen molar-refractivity contribution >= 4 is 41.0 Å². The zero-order valence-electron chi connectivity index (χ0n) is 26.4. The molecule has 3 rings (SSSR count). The van der Waals surface area contributed by atoms with Crippen LogP contribution in [0.15, 0.2) is 48.9 Å². The highest BCUT2D eigenvalue weighted by Gasteiger charge is 2.44. The second-order valence-corrected chi connectivity index (χ2v) is 12.0. The zero-order valence-corrected chi connectivity index (χ0v) is 27.1. The lowest BCUT2D eigenvalue weighted by atomic mass is 9.98. The van der Waals surface area contributed by atoms with Crippen LogP contribution >= 0.6 is 11.6 Å². The molecule has 5 atom stereocenters. The Bertz CT molecular complexity index is 1310. The molecule has 1 saturated heterocycles. The molecule has 0 aliphatic carbocycles. The van der Waals surface area contributed by atoms with Crippen LogP contribution in [0.3, 0.4) is 0 Å². The van der Waals surface area contributed by atoms with Crippen LogP contribution in [0, 0.1) is 11.8 Å². The quantitative estimate of drug-likeness (QED) is 0.250. The maximum atomic E-state index is 14.1. The van der Waals surface area contributed by atoms with Gasteiger partial charge in [-0.1, -0.05) is 65.0 Å². The first-order valence-electron chi connectivity index (χ1n) is 15.2. The van der Waals surface area contributed by atoms with Gasteiger partial charge in [0, 0.05) is 25.4 Å². The van der Waals surface area contributed by atoms with E-state index in [-0.39, 0.29) is 48.8 Å². The van der Waals surface area contributed by atoms with Gasteiger partial charge in [-0.3, -0.25) is 29.0 Å². The summed E-state index contributed by atoms with van der Waals surface area (Å²) in [6.07, 6.45) is 4.19. The second kappa shape index (κ2) is 17.0. The first-order valence-corrected chi connectivity index (χ1v) is 15.7. The predicted molar refractivity (Wildman–Crippen MR) is 168 cm³/mol. The highest BCUT2D eigenvalue weighted by atomic mass is 35.5. The average Bonchev–Trinajstić information content (AvgIpc) is 3.48. The van der Waals surface area contributed by atoms with E-state index in [0.717, 1.165) is 5.56 Å². The van der Waals surface area contributed by atoms with Crippen molar-refractivity contribution in [2.75, 3.05) is 12.4 Å². The third-order valence-electron chi connectivity index (χ3n) is 7.68. The lowest BCUT2D eigenvalue weighted by Crippen LogP contribution is -2.59. The first kappa shape index (κ1) is 35.6. The minimum atomic E-state index is -1.01. The second-order valence-electron chi connectivity index (χ2n) is 11.7. The molecule has 0 bridgehead atoms. The molecule has 1 aliphatic heterocycles. The smallest absolute Gasteiger partial charge is 0.272 e. The summed E-state index contributed by atoms with van der Waals surface area (Å²) in [6.45, 7) is 9.27. The molecule has 1 aliphatic rings. The maximum absolute atomic E-state index is 14.1. The topological polar surface area (TPSA) is 160 Å². The van der Waals surface area contributed by atoms with Crippen LogP contribution in [0.1, 0.15) is 63.5 Å². The van der Waals surface area contributed by atoms with Gasteiger partial charge in [0.2, 0.25) is 17.7 Å². The molecule has 3 N–H and O–H groups in total. The highest BCUT2D eigenvalue weighted by molar-refractivity contribution is 6.28. The van der Waals surface area contributed by atoms with E-state index in [1.807, 2.05) is 30.3 Å². The number of carbonyl (C=O) groups excluding carboxylic acids is 5. The molecule has 0 spiro atoms. The van der Waals surface area contributed by atoms with Crippen LogP contribution in [0.4, 0.5) is 0 Å². The fourth-order valence-electron chi connectivity index (χ4n) is 5.07. The molecule has 4 amide bonds. The van der Waals surface area contributed by atoms with Crippen molar-refractivity contribution in [1.29, 1.82) is 0 Å². The van der Waals surface area contributed by atoms with Gasteiger partial charge in [-0.25, -0.2) is 4.98 Å². The molecule has 5 unspecified atom stereocenters. The van der Waals surface area contributed by atoms with Crippen molar-refractivity contribution in [2.45, 2.75) is 84.3 Å². The van der Waals surface area contributed by atoms with Crippen LogP contribution < -0.4 is 16.0 Å². The molecular weight excluding hydrogens is 600 g/mol. The number of carbonyl (C=O) groups is 5. The number of aromatic nitrogens is 2. The van der Waals surface area contributed by atoms with E-state index in [4.69, 9.17) is 16.3 Å². The van der Waals surface area contributed by atoms with Gasteiger partial charge in [0.1, 0.15) is 23.8 Å². The Balaban J connectivity index is 1.81. The fourth-order valence-corrected chi connectivity index (χ4v) is 5.26. The Morgan fingerprint density at radius 3 is 2.24 bits per heavy atom. The summed E-state index contributed by atoms with van der Waals surface area (Å²) >= 11 is 5.75. The molecule has 0 radical (unpaired) electrons. The normalized spacial score (nSPS) is 18.3. The van der Waals surface area contributed by atoms with E-state index in [1.54, 1.807) is 34.6 Å². The molecule has 1 aromatic heterocycles. The third-order valence-corrected chi connectivity index (χ3v) is 7.95. The number of likely N-dealkylation sites (tertiary alicyclic amines) is 1. The molecule has 2 heterocycles. The number of ether oxygens (including phenoxy) is 1. The molecule has 45 heavy (non-hydrogen) atoms. The van der Waals surface area contributed by atoms with Gasteiger partial charge in [-0.2, -0.15) is 0 Å². The number of rotatable bonds is 15. The Labute approximate surface area is 269 Å². The summed E-state index contributed by atoms with van der Waals surface area (Å²) in [4.78, 5) is 75.5. The molecule has 1 fully saturated rings. The van der Waals surface area contributed by atoms with Gasteiger partial charge in [-0.15, -0.1) is 11.6 Å². The van der Waals surface area contributed by atoms with Crippen LogP contribution in [-0.2, 0) is 30.5 Å². The van der Waals surface area contributed by atoms with Crippen LogP contribution in [-0.4, -0.2) is 87.0 Å². The Kier molecular flexibility index (Phi) is 13.4. The number of benzene rings is 1. The van der Waals surface area contributed by atoms with Gasteiger partial charge in [-0.05, 0) is 23.8 Å². The van der Waals surface area contributed by atoms with Gasteiger partial charge in [0.05, 0.1) is 30.8 Å². The number of halogens is 1. The molecule has 2 aromatic rings. The lowest BCUT2D eigenvalue weighted by molar-refractivity contribution is -0.143. The van der Waals surface area contributed by atoms with E-state index in [0.29, 0.717) is 6.42 Å². The van der Waals surface area contributed by atoms with E-state index < -0.39 is 53.9 Å². The number of Topliss-reactive ketones (excluding diaryl/α,β-unsaturated/α-hetero) is 1. The van der Waals surface area contributed by atoms with E-state index in [2.05, 4.69) is 25.9 Å². The Hall–Kier alpha value is -3.90. The van der Waals surface area contributed by atoms with Gasteiger partial charge in [0.15, 0.2) is 5.78 Å². The van der Waals surface area contributed by atoms with Crippen molar-refractivity contribution < 1.29 is 28.7 Å². The monoisotopic (exact) mass is 642 g/mol. The van der Waals surface area contributed by atoms with Gasteiger partial charge in [0.25, 0.3) is 5.91 Å². The van der Waals surface area contributed by atoms with Crippen molar-refractivity contribution in [1.82, 2.24) is 30.8 Å². The van der Waals surface area contributed by atoms with Crippen LogP contribution in [0.25, 0.3) is 0 Å². The average molecular weight is 643 g/mol. The lowest BCUT2D eigenvalue weighted by Gasteiger charge is -2.32. The number of alkyl halides is 1. The number of hydrogen-bond acceptors (Lipinski definition) is 8. The minimum Gasteiger partial charge on any atom is -0.372 e. The molecule has 0 saturated carbocycles. The summed E-state index contributed by atoms with van der Waals surface area (Å²) in [5.41, 5.74) is 0.996. The largest absolute Gasteiger partial charge is 0.372 e. The third kappa shape index (κ3) is 9.79. The summed E-state index contributed by atoms with van der Waals surface area (Å²) in [5.74, 6) is -3.34. The summed E-state index contributed by atoms with van der Waals surface area (Å²) in [6, 6.07) is 5.82. The van der Waals surface area contributed by atoms with Gasteiger partial charge >= 0.3 is 0 Å². The van der Waals surface area contributed by atoms with Crippen LogP contribution in [0.5, 0.6) is 0 Å². The number of ketones is 1. The number of hydrogen-bond donors (Lipinski definition) is 3. The molecule has 244 valence electrons. The molecule has 1 aromatic carbocycles. The Morgan fingerprint density at radius 2 is 1.67 bits per heavy atom. The van der Waals surface area contributed by atoms with Gasteiger partial charge < -0.3 is 25.6 Å². The number of nitrogens with one attached hydrogen (secondary N) is 3. The van der Waals surface area contributed by atoms with Crippen molar-refractivity contribution in [3.05, 3.63) is 60.2 Å². The predicted octanol–water partition coefficient (Wildman–Crippen LogP) is 2.26. The molecule has 12 nitrogen and oxygen atoms in total. The maximum Gasteiger partial charge on any atom is 0.272 e. The molecule has 13 heteroatoms. The standard InChI is InChI=1S/C32H43ClN6O6/c1-6-23(26(40)15-33)36-30(42)25-14-22(45-18-21-10-8-7-9-11-21)17-39(25)32(44)28(20(4)5)38-31(43)27(19(2)3)37-29(41)24-16-34-12-13-35-24/h7-13,16,19-20,22-23,25,27-28H,6,14-15,17-18H2,1-5H3,(H,36,42)(H,37,41)(H,38,43). The van der Waals surface area contributed by atoms with E-state index in [9.17, 15) is 24.0 Å². The highest BCUT2D eigenvalue weighted by Crippen LogP contribution is 2.25. The summed E-state index contributed by atoms with van der Waals surface area (Å²) in [5, 5.41) is 8.26. The van der Waals surface area contributed by atoms with Crippen molar-refractivity contribution in [3.63, 3.8) is 0 Å². The fraction of sp³-hybridized carbons (Fsp3) is 0.531. The number of nitrogens with zero attached hydrogens (tertiary/aromatic N) is 3.